The molecule has 7 heteroatoms. The Morgan fingerprint density at radius 2 is 1.88 bits per heavy atom. The molecular weight excluding hydrogens is 426 g/mol. The number of ether oxygens (including phenoxy) is 1. The molecule has 1 aromatic heterocycles. The lowest BCUT2D eigenvalue weighted by Crippen LogP contribution is -2.36. The molecular formula is C26H18F2N2O3. The summed E-state index contributed by atoms with van der Waals surface area (Å²) in [6.45, 7) is 0. The van der Waals surface area contributed by atoms with Gasteiger partial charge in [0.1, 0.15) is 0 Å². The number of hydrogen-bond donors (Lipinski definition) is 0. The minimum Gasteiger partial charge on any atom is -0.481 e. The third-order valence-corrected chi connectivity index (χ3v) is 5.17. The first-order valence-corrected chi connectivity index (χ1v) is 9.98. The van der Waals surface area contributed by atoms with E-state index >= 15 is 0 Å². The van der Waals surface area contributed by atoms with Crippen molar-refractivity contribution >= 4 is 23.5 Å². The van der Waals surface area contributed by atoms with Crippen molar-refractivity contribution < 1.29 is 23.1 Å². The number of anilines is 1. The van der Waals surface area contributed by atoms with Crippen molar-refractivity contribution in [2.75, 3.05) is 19.1 Å². The first kappa shape index (κ1) is 21.9. The Labute approximate surface area is 189 Å². The zero-order valence-electron chi connectivity index (χ0n) is 17.9. The molecule has 3 aromatic rings. The second kappa shape index (κ2) is 9.05. The highest BCUT2D eigenvalue weighted by atomic mass is 19.2. The Morgan fingerprint density at radius 1 is 1.06 bits per heavy atom. The topological polar surface area (TPSA) is 59.5 Å². The number of halogens is 2. The Balaban J connectivity index is 1.62. The lowest BCUT2D eigenvalue weighted by molar-refractivity contribution is -0.114. The average Bonchev–Trinajstić information content (AvgIpc) is 2.83. The molecule has 0 unspecified atom stereocenters. The molecule has 1 amide bonds. The molecule has 0 N–H and O–H groups in total. The van der Waals surface area contributed by atoms with Gasteiger partial charge in [0.05, 0.1) is 18.4 Å². The maximum Gasteiger partial charge on any atom is 0.262 e. The molecule has 2 heterocycles. The molecule has 4 rings (SSSR count). The molecule has 0 atom stereocenters. The standard InChI is InChI=1S/C26H18F2N2O3/c1-30-23-10-7-16(4-3-5-17-8-11-24(33-2)29-15-17)12-19(23)25(31)20(26(30)32)13-18-6-9-21(27)22(28)14-18/h6-15H,5H2,1-2H3. The van der Waals surface area contributed by atoms with E-state index in [2.05, 4.69) is 16.8 Å². The SMILES string of the molecule is COc1ccc(CC#Cc2ccc3c(c2)C(=O)C(=Cc2ccc(F)c(F)c2)C(=O)N3C)cn1. The monoisotopic (exact) mass is 444 g/mol. The summed E-state index contributed by atoms with van der Waals surface area (Å²) < 4.78 is 31.8. The van der Waals surface area contributed by atoms with Crippen LogP contribution in [-0.2, 0) is 11.2 Å². The molecule has 0 aliphatic carbocycles. The highest BCUT2D eigenvalue weighted by Gasteiger charge is 2.32. The van der Waals surface area contributed by atoms with E-state index in [1.54, 1.807) is 44.6 Å². The molecule has 5 nitrogen and oxygen atoms in total. The van der Waals surface area contributed by atoms with Gasteiger partial charge >= 0.3 is 0 Å². The molecule has 0 bridgehead atoms. The van der Waals surface area contributed by atoms with Crippen LogP contribution in [0.15, 0.2) is 60.3 Å². The molecule has 1 aliphatic heterocycles. The summed E-state index contributed by atoms with van der Waals surface area (Å²) in [6, 6.07) is 11.8. The van der Waals surface area contributed by atoms with Gasteiger partial charge in [0.2, 0.25) is 11.7 Å². The van der Waals surface area contributed by atoms with Crippen molar-refractivity contribution in [3.63, 3.8) is 0 Å². The summed E-state index contributed by atoms with van der Waals surface area (Å²) in [6.07, 6.45) is 3.41. The largest absolute Gasteiger partial charge is 0.481 e. The minimum absolute atomic E-state index is 0.134. The van der Waals surface area contributed by atoms with Gasteiger partial charge in [-0.1, -0.05) is 24.0 Å². The van der Waals surface area contributed by atoms with Gasteiger partial charge in [0.15, 0.2) is 11.6 Å². The van der Waals surface area contributed by atoms with Gasteiger partial charge in [-0.3, -0.25) is 9.59 Å². The zero-order chi connectivity index (χ0) is 23.5. The van der Waals surface area contributed by atoms with Crippen LogP contribution in [-0.4, -0.2) is 30.8 Å². The quantitative estimate of drug-likeness (QED) is 0.345. The lowest BCUT2D eigenvalue weighted by Gasteiger charge is -2.26. The van der Waals surface area contributed by atoms with Gasteiger partial charge in [-0.15, -0.1) is 0 Å². The van der Waals surface area contributed by atoms with E-state index in [0.29, 0.717) is 29.1 Å². The molecule has 0 saturated heterocycles. The number of hydrogen-bond acceptors (Lipinski definition) is 4. The molecule has 0 spiro atoms. The molecule has 0 saturated carbocycles. The maximum absolute atomic E-state index is 13.6. The highest BCUT2D eigenvalue weighted by molar-refractivity contribution is 6.36. The highest BCUT2D eigenvalue weighted by Crippen LogP contribution is 2.31. The van der Waals surface area contributed by atoms with Crippen molar-refractivity contribution in [2.24, 2.45) is 0 Å². The average molecular weight is 444 g/mol. The number of carbonyl (C=O) groups excluding carboxylic acids is 2. The van der Waals surface area contributed by atoms with Crippen LogP contribution < -0.4 is 9.64 Å². The Hall–Kier alpha value is -4.31. The first-order chi connectivity index (χ1) is 15.9. The van der Waals surface area contributed by atoms with Gasteiger partial charge in [-0.2, -0.15) is 0 Å². The fourth-order valence-corrected chi connectivity index (χ4v) is 3.40. The van der Waals surface area contributed by atoms with E-state index in [9.17, 15) is 18.4 Å². The Bertz CT molecular complexity index is 1350. The van der Waals surface area contributed by atoms with E-state index in [1.807, 2.05) is 6.07 Å². The minimum atomic E-state index is -1.06. The number of rotatable bonds is 3. The van der Waals surface area contributed by atoms with E-state index in [1.165, 1.54) is 17.0 Å². The van der Waals surface area contributed by atoms with Crippen molar-refractivity contribution in [1.82, 2.24) is 4.98 Å². The van der Waals surface area contributed by atoms with Crippen LogP contribution in [0.1, 0.15) is 27.0 Å². The van der Waals surface area contributed by atoms with E-state index in [-0.39, 0.29) is 11.1 Å². The summed E-state index contributed by atoms with van der Waals surface area (Å²) in [7, 11) is 3.09. The van der Waals surface area contributed by atoms with Crippen molar-refractivity contribution in [3.05, 3.63) is 94.2 Å². The number of nitrogens with zero attached hydrogens (tertiary/aromatic N) is 2. The number of Topliss-reactive ketones (excluding diaryl/α,β-unsaturated/α-hetero) is 1. The van der Waals surface area contributed by atoms with Crippen LogP contribution >= 0.6 is 0 Å². The number of benzene rings is 2. The normalized spacial score (nSPS) is 14.1. The smallest absolute Gasteiger partial charge is 0.262 e. The van der Waals surface area contributed by atoms with Crippen LogP contribution in [0.5, 0.6) is 5.88 Å². The van der Waals surface area contributed by atoms with Crippen LogP contribution in [0, 0.1) is 23.5 Å². The summed E-state index contributed by atoms with van der Waals surface area (Å²) in [5.74, 6) is 3.50. The molecule has 0 radical (unpaired) electrons. The van der Waals surface area contributed by atoms with E-state index in [4.69, 9.17) is 4.74 Å². The van der Waals surface area contributed by atoms with Crippen LogP contribution in [0.3, 0.4) is 0 Å². The van der Waals surface area contributed by atoms with Gasteiger partial charge in [-0.25, -0.2) is 13.8 Å². The third-order valence-electron chi connectivity index (χ3n) is 5.17. The number of carbonyl (C=O) groups is 2. The van der Waals surface area contributed by atoms with Crippen LogP contribution in [0.25, 0.3) is 6.08 Å². The number of fused-ring (bicyclic) bond motifs is 1. The Kier molecular flexibility index (Phi) is 6.01. The number of ketones is 1. The summed E-state index contributed by atoms with van der Waals surface area (Å²) >= 11 is 0. The second-order valence-electron chi connectivity index (χ2n) is 7.34. The number of amides is 1. The number of methoxy groups -OCH3 is 1. The first-order valence-electron chi connectivity index (χ1n) is 9.98. The molecule has 164 valence electrons. The predicted octanol–water partition coefficient (Wildman–Crippen LogP) is 4.21. The van der Waals surface area contributed by atoms with Crippen LogP contribution in [0.4, 0.5) is 14.5 Å². The predicted molar refractivity (Wildman–Crippen MR) is 120 cm³/mol. The number of likely N-dealkylation sites (N-methyl/N-ethyl adjacent to an activating group) is 1. The van der Waals surface area contributed by atoms with Gasteiger partial charge in [0, 0.05) is 36.9 Å². The third kappa shape index (κ3) is 4.51. The van der Waals surface area contributed by atoms with E-state index < -0.39 is 23.3 Å². The molecule has 1 aliphatic rings. The summed E-state index contributed by atoms with van der Waals surface area (Å²) in [5, 5.41) is 0. The van der Waals surface area contributed by atoms with Crippen molar-refractivity contribution in [2.45, 2.75) is 6.42 Å². The number of pyridine rings is 1. The molecule has 0 fully saturated rings. The summed E-state index contributed by atoms with van der Waals surface area (Å²) in [5.41, 5.74) is 2.37. The fourth-order valence-electron chi connectivity index (χ4n) is 3.40. The van der Waals surface area contributed by atoms with Crippen molar-refractivity contribution in [1.29, 1.82) is 0 Å². The molecule has 33 heavy (non-hydrogen) atoms. The van der Waals surface area contributed by atoms with Gasteiger partial charge in [-0.05, 0) is 47.5 Å². The lowest BCUT2D eigenvalue weighted by atomic mass is 9.92. The maximum atomic E-state index is 13.6. The fraction of sp³-hybridized carbons (Fsp3) is 0.115. The Morgan fingerprint density at radius 3 is 2.58 bits per heavy atom. The van der Waals surface area contributed by atoms with Crippen molar-refractivity contribution in [3.8, 4) is 17.7 Å². The van der Waals surface area contributed by atoms with Crippen LogP contribution in [0.2, 0.25) is 0 Å². The van der Waals surface area contributed by atoms with E-state index in [0.717, 1.165) is 17.7 Å². The number of aromatic nitrogens is 1. The molecule has 2 aromatic carbocycles. The zero-order valence-corrected chi connectivity index (χ0v) is 17.9. The van der Waals surface area contributed by atoms with Gasteiger partial charge < -0.3 is 9.64 Å². The summed E-state index contributed by atoms with van der Waals surface area (Å²) in [4.78, 5) is 31.3. The second-order valence-corrected chi connectivity index (χ2v) is 7.34. The van der Waals surface area contributed by atoms with Gasteiger partial charge in [0.25, 0.3) is 5.91 Å².